The lowest BCUT2D eigenvalue weighted by atomic mass is 9.72. The maximum absolute atomic E-state index is 6.20. The van der Waals surface area contributed by atoms with Crippen LogP contribution >= 0.6 is 11.8 Å². The van der Waals surface area contributed by atoms with Crippen LogP contribution in [-0.4, -0.2) is 40.6 Å². The van der Waals surface area contributed by atoms with Crippen LogP contribution in [0.2, 0.25) is 0 Å². The molecule has 0 spiro atoms. The van der Waals surface area contributed by atoms with Gasteiger partial charge in [0.25, 0.3) is 0 Å². The Labute approximate surface area is 111 Å². The van der Waals surface area contributed by atoms with Gasteiger partial charge in [-0.25, -0.2) is 0 Å². The van der Waals surface area contributed by atoms with Gasteiger partial charge in [0.2, 0.25) is 0 Å². The minimum Gasteiger partial charge on any atom is -0.329 e. The molecule has 17 heavy (non-hydrogen) atoms. The summed E-state index contributed by atoms with van der Waals surface area (Å²) < 4.78 is 0. The molecule has 0 aromatic heterocycles. The SMILES string of the molecule is CC1CN(C2(CN)CCCCC2C)CC(C)S1. The summed E-state index contributed by atoms with van der Waals surface area (Å²) in [5.41, 5.74) is 6.51. The predicted octanol–water partition coefficient (Wildman–Crippen LogP) is 2.72. The molecule has 1 saturated carbocycles. The Bertz CT molecular complexity index is 249. The van der Waals surface area contributed by atoms with Crippen molar-refractivity contribution in [3.63, 3.8) is 0 Å². The topological polar surface area (TPSA) is 29.3 Å². The highest BCUT2D eigenvalue weighted by Crippen LogP contribution is 2.40. The Morgan fingerprint density at radius 2 is 1.82 bits per heavy atom. The molecule has 1 aliphatic carbocycles. The summed E-state index contributed by atoms with van der Waals surface area (Å²) >= 11 is 2.14. The van der Waals surface area contributed by atoms with E-state index in [0.29, 0.717) is 5.54 Å². The Morgan fingerprint density at radius 1 is 1.18 bits per heavy atom. The highest BCUT2D eigenvalue weighted by molar-refractivity contribution is 8.00. The van der Waals surface area contributed by atoms with Crippen molar-refractivity contribution in [2.24, 2.45) is 11.7 Å². The average Bonchev–Trinajstić information content (AvgIpc) is 2.28. The van der Waals surface area contributed by atoms with Crippen molar-refractivity contribution >= 4 is 11.8 Å². The molecule has 0 amide bonds. The normalized spacial score (nSPS) is 44.8. The minimum atomic E-state index is 0.307. The maximum Gasteiger partial charge on any atom is 0.0358 e. The van der Waals surface area contributed by atoms with Gasteiger partial charge in [0, 0.05) is 35.7 Å². The molecule has 1 heterocycles. The predicted molar refractivity (Wildman–Crippen MR) is 77.5 cm³/mol. The Kier molecular flexibility index (Phi) is 4.43. The van der Waals surface area contributed by atoms with Crippen molar-refractivity contribution in [2.75, 3.05) is 19.6 Å². The molecule has 3 heteroatoms. The molecule has 0 radical (unpaired) electrons. The van der Waals surface area contributed by atoms with Crippen LogP contribution < -0.4 is 5.73 Å². The maximum atomic E-state index is 6.20. The van der Waals surface area contributed by atoms with Crippen molar-refractivity contribution in [2.45, 2.75) is 62.5 Å². The smallest absolute Gasteiger partial charge is 0.0358 e. The van der Waals surface area contributed by atoms with E-state index in [9.17, 15) is 0 Å². The zero-order chi connectivity index (χ0) is 12.5. The van der Waals surface area contributed by atoms with Gasteiger partial charge in [0.05, 0.1) is 0 Å². The number of hydrogen-bond donors (Lipinski definition) is 1. The molecular weight excluding hydrogens is 228 g/mol. The summed E-state index contributed by atoms with van der Waals surface area (Å²) in [6.45, 7) is 10.5. The third-order valence-corrected chi connectivity index (χ3v) is 6.04. The van der Waals surface area contributed by atoms with Gasteiger partial charge in [-0.05, 0) is 18.8 Å². The Morgan fingerprint density at radius 3 is 2.35 bits per heavy atom. The fraction of sp³-hybridized carbons (Fsp3) is 1.00. The number of nitrogens with zero attached hydrogens (tertiary/aromatic N) is 1. The first-order valence-corrected chi connectivity index (χ1v) is 8.13. The lowest BCUT2D eigenvalue weighted by Gasteiger charge is -2.53. The van der Waals surface area contributed by atoms with Crippen LogP contribution in [0, 0.1) is 5.92 Å². The Hall–Kier alpha value is 0.270. The molecule has 2 nitrogen and oxygen atoms in total. The molecule has 100 valence electrons. The summed E-state index contributed by atoms with van der Waals surface area (Å²) in [4.78, 5) is 2.74. The molecule has 4 unspecified atom stereocenters. The van der Waals surface area contributed by atoms with Crippen LogP contribution in [-0.2, 0) is 0 Å². The van der Waals surface area contributed by atoms with Gasteiger partial charge in [0.15, 0.2) is 0 Å². The first kappa shape index (κ1) is 13.7. The number of rotatable bonds is 2. The van der Waals surface area contributed by atoms with Gasteiger partial charge in [0.1, 0.15) is 0 Å². The highest BCUT2D eigenvalue weighted by Gasteiger charge is 2.44. The van der Waals surface area contributed by atoms with E-state index in [2.05, 4.69) is 37.4 Å². The van der Waals surface area contributed by atoms with Gasteiger partial charge in [-0.15, -0.1) is 0 Å². The zero-order valence-corrected chi connectivity index (χ0v) is 12.4. The molecule has 2 fully saturated rings. The number of thioether (sulfide) groups is 1. The lowest BCUT2D eigenvalue weighted by Crippen LogP contribution is -2.63. The van der Waals surface area contributed by atoms with Crippen LogP contribution in [0.1, 0.15) is 46.5 Å². The average molecular weight is 256 g/mol. The molecule has 1 aliphatic heterocycles. The second kappa shape index (κ2) is 5.50. The largest absolute Gasteiger partial charge is 0.329 e. The van der Waals surface area contributed by atoms with E-state index in [4.69, 9.17) is 5.73 Å². The highest BCUT2D eigenvalue weighted by atomic mass is 32.2. The van der Waals surface area contributed by atoms with E-state index in [-0.39, 0.29) is 0 Å². The summed E-state index contributed by atoms with van der Waals surface area (Å²) in [6, 6.07) is 0. The van der Waals surface area contributed by atoms with Crippen molar-refractivity contribution in [1.29, 1.82) is 0 Å². The van der Waals surface area contributed by atoms with Crippen molar-refractivity contribution in [3.05, 3.63) is 0 Å². The first-order valence-electron chi connectivity index (χ1n) is 7.19. The third-order valence-electron chi connectivity index (χ3n) is 4.82. The second-order valence-corrected chi connectivity index (χ2v) is 8.00. The molecule has 0 aromatic carbocycles. The third kappa shape index (κ3) is 2.66. The van der Waals surface area contributed by atoms with Crippen molar-refractivity contribution in [1.82, 2.24) is 4.90 Å². The van der Waals surface area contributed by atoms with E-state index >= 15 is 0 Å². The molecule has 2 aliphatic rings. The molecule has 0 bridgehead atoms. The molecule has 1 saturated heterocycles. The number of hydrogen-bond acceptors (Lipinski definition) is 3. The molecule has 0 aromatic rings. The van der Waals surface area contributed by atoms with Crippen LogP contribution in [0.4, 0.5) is 0 Å². The van der Waals surface area contributed by atoms with Crippen molar-refractivity contribution < 1.29 is 0 Å². The molecule has 2 N–H and O–H groups in total. The monoisotopic (exact) mass is 256 g/mol. The van der Waals surface area contributed by atoms with Crippen LogP contribution in [0.15, 0.2) is 0 Å². The Balaban J connectivity index is 2.15. The lowest BCUT2D eigenvalue weighted by molar-refractivity contribution is 0.0121. The summed E-state index contributed by atoms with van der Waals surface area (Å²) in [5, 5.41) is 1.52. The number of nitrogens with two attached hydrogens (primary N) is 1. The van der Waals surface area contributed by atoms with Gasteiger partial charge >= 0.3 is 0 Å². The van der Waals surface area contributed by atoms with E-state index in [1.807, 2.05) is 0 Å². The molecule has 2 rings (SSSR count). The van der Waals surface area contributed by atoms with Crippen molar-refractivity contribution in [3.8, 4) is 0 Å². The standard InChI is InChI=1S/C14H28N2S/c1-11-6-4-5-7-14(11,10-15)16-8-12(2)17-13(3)9-16/h11-13H,4-10,15H2,1-3H3. The van der Waals surface area contributed by atoms with Gasteiger partial charge < -0.3 is 5.73 Å². The summed E-state index contributed by atoms with van der Waals surface area (Å²) in [7, 11) is 0. The van der Waals surface area contributed by atoms with Gasteiger partial charge in [-0.3, -0.25) is 4.90 Å². The molecular formula is C14H28N2S. The first-order chi connectivity index (χ1) is 8.08. The quantitative estimate of drug-likeness (QED) is 0.824. The zero-order valence-electron chi connectivity index (χ0n) is 11.6. The van der Waals surface area contributed by atoms with Crippen LogP contribution in [0.5, 0.6) is 0 Å². The summed E-state index contributed by atoms with van der Waals surface area (Å²) in [5.74, 6) is 0.767. The minimum absolute atomic E-state index is 0.307. The van der Waals surface area contributed by atoms with Gasteiger partial charge in [-0.2, -0.15) is 11.8 Å². The van der Waals surface area contributed by atoms with Crippen LogP contribution in [0.3, 0.4) is 0 Å². The fourth-order valence-electron chi connectivity index (χ4n) is 3.84. The van der Waals surface area contributed by atoms with E-state index in [1.165, 1.54) is 38.8 Å². The fourth-order valence-corrected chi connectivity index (χ4v) is 5.17. The summed E-state index contributed by atoms with van der Waals surface area (Å²) in [6.07, 6.45) is 5.45. The van der Waals surface area contributed by atoms with E-state index < -0.39 is 0 Å². The van der Waals surface area contributed by atoms with Crippen LogP contribution in [0.25, 0.3) is 0 Å². The van der Waals surface area contributed by atoms with E-state index in [0.717, 1.165) is 23.0 Å². The van der Waals surface area contributed by atoms with E-state index in [1.54, 1.807) is 0 Å². The second-order valence-electron chi connectivity index (χ2n) is 6.12. The molecule has 4 atom stereocenters. The van der Waals surface area contributed by atoms with Gasteiger partial charge in [-0.1, -0.05) is 33.6 Å².